The second kappa shape index (κ2) is 7.59. The monoisotopic (exact) mass is 302 g/mol. The van der Waals surface area contributed by atoms with Crippen molar-refractivity contribution >= 4 is 5.97 Å². The maximum atomic E-state index is 13.6. The molecule has 2 aromatic carbocycles. The minimum Gasteiger partial charge on any atom is -0.489 e. The minimum atomic E-state index is -0.804. The Balaban J connectivity index is 2.06. The van der Waals surface area contributed by atoms with Crippen molar-refractivity contribution in [2.24, 2.45) is 0 Å². The molecule has 0 fully saturated rings. The van der Waals surface area contributed by atoms with E-state index in [2.05, 4.69) is 0 Å². The van der Waals surface area contributed by atoms with Crippen LogP contribution >= 0.6 is 0 Å². The Labute approximate surface area is 129 Å². The summed E-state index contributed by atoms with van der Waals surface area (Å²) in [5.74, 6) is -0.414. The van der Waals surface area contributed by atoms with Crippen LogP contribution in [0.3, 0.4) is 0 Å². The smallest absolute Gasteiger partial charge is 0.303 e. The zero-order chi connectivity index (χ0) is 15.9. The fourth-order valence-electron chi connectivity index (χ4n) is 2.25. The third-order valence-electron chi connectivity index (χ3n) is 3.39. The van der Waals surface area contributed by atoms with Gasteiger partial charge in [0.05, 0.1) is 0 Å². The lowest BCUT2D eigenvalue weighted by Gasteiger charge is -2.12. The number of hydrogen-bond donors (Lipinski definition) is 1. The molecule has 0 atom stereocenters. The van der Waals surface area contributed by atoms with Crippen molar-refractivity contribution < 1.29 is 19.0 Å². The molecule has 116 valence electrons. The summed E-state index contributed by atoms with van der Waals surface area (Å²) in [7, 11) is 0. The molecule has 0 heterocycles. The van der Waals surface area contributed by atoms with Crippen LogP contribution in [0, 0.1) is 12.7 Å². The van der Waals surface area contributed by atoms with Gasteiger partial charge in [0.2, 0.25) is 0 Å². The minimum absolute atomic E-state index is 0.126. The Morgan fingerprint density at radius 1 is 1.18 bits per heavy atom. The van der Waals surface area contributed by atoms with Crippen molar-refractivity contribution in [2.75, 3.05) is 0 Å². The molecule has 0 aliphatic carbocycles. The van der Waals surface area contributed by atoms with E-state index >= 15 is 0 Å². The predicted octanol–water partition coefficient (Wildman–Crippen LogP) is 4.12. The van der Waals surface area contributed by atoms with E-state index in [1.54, 1.807) is 18.2 Å². The van der Waals surface area contributed by atoms with Gasteiger partial charge in [0.1, 0.15) is 18.2 Å². The molecule has 0 bridgehead atoms. The highest BCUT2D eigenvalue weighted by atomic mass is 19.1. The summed E-state index contributed by atoms with van der Waals surface area (Å²) < 4.78 is 19.3. The Kier molecular flexibility index (Phi) is 5.53. The van der Waals surface area contributed by atoms with Crippen LogP contribution in [0.5, 0.6) is 5.75 Å². The van der Waals surface area contributed by atoms with Crippen molar-refractivity contribution in [3.8, 4) is 5.75 Å². The standard InChI is InChI=1S/C18H19FO3/c1-13-9-10-17(14(11-13)6-4-8-18(20)21)22-12-15-5-2-3-7-16(15)19/h2-3,5,7,9-11H,4,6,8,12H2,1H3,(H,20,21). The molecule has 0 aliphatic heterocycles. The lowest BCUT2D eigenvalue weighted by molar-refractivity contribution is -0.137. The molecule has 3 nitrogen and oxygen atoms in total. The second-order valence-corrected chi connectivity index (χ2v) is 5.24. The molecule has 0 unspecified atom stereocenters. The van der Waals surface area contributed by atoms with Gasteiger partial charge in [-0.1, -0.05) is 35.9 Å². The number of ether oxygens (including phenoxy) is 1. The van der Waals surface area contributed by atoms with Gasteiger partial charge in [0, 0.05) is 12.0 Å². The Morgan fingerprint density at radius 2 is 1.95 bits per heavy atom. The first-order valence-electron chi connectivity index (χ1n) is 7.24. The quantitative estimate of drug-likeness (QED) is 0.837. The maximum absolute atomic E-state index is 13.6. The van der Waals surface area contributed by atoms with Gasteiger partial charge >= 0.3 is 5.97 Å². The summed E-state index contributed by atoms with van der Waals surface area (Å²) in [5, 5.41) is 8.73. The molecular weight excluding hydrogens is 283 g/mol. The van der Waals surface area contributed by atoms with Gasteiger partial charge in [0.25, 0.3) is 0 Å². The van der Waals surface area contributed by atoms with Gasteiger partial charge in [0.15, 0.2) is 0 Å². The number of carboxylic acids is 1. The largest absolute Gasteiger partial charge is 0.489 e. The average molecular weight is 302 g/mol. The number of aliphatic carboxylic acids is 1. The van der Waals surface area contributed by atoms with Crippen LogP contribution in [0.2, 0.25) is 0 Å². The Bertz CT molecular complexity index is 653. The molecule has 0 aliphatic rings. The molecule has 2 rings (SSSR count). The van der Waals surface area contributed by atoms with E-state index in [9.17, 15) is 9.18 Å². The first kappa shape index (κ1) is 16.0. The van der Waals surface area contributed by atoms with Crippen molar-refractivity contribution in [1.29, 1.82) is 0 Å². The lowest BCUT2D eigenvalue weighted by atomic mass is 10.0. The molecular formula is C18H19FO3. The van der Waals surface area contributed by atoms with Gasteiger partial charge < -0.3 is 9.84 Å². The third-order valence-corrected chi connectivity index (χ3v) is 3.39. The summed E-state index contributed by atoms with van der Waals surface area (Å²) in [6, 6.07) is 12.3. The number of carbonyl (C=O) groups is 1. The van der Waals surface area contributed by atoms with E-state index in [0.717, 1.165) is 11.1 Å². The van der Waals surface area contributed by atoms with Crippen LogP contribution in [-0.4, -0.2) is 11.1 Å². The molecule has 0 aromatic heterocycles. The van der Waals surface area contributed by atoms with E-state index in [1.807, 2.05) is 25.1 Å². The van der Waals surface area contributed by atoms with Crippen LogP contribution in [0.1, 0.15) is 29.5 Å². The average Bonchev–Trinajstić information content (AvgIpc) is 2.47. The number of aryl methyl sites for hydroxylation is 2. The van der Waals surface area contributed by atoms with Crippen LogP contribution in [-0.2, 0) is 17.8 Å². The summed E-state index contributed by atoms with van der Waals surface area (Å²) in [4.78, 5) is 10.6. The summed E-state index contributed by atoms with van der Waals surface area (Å²) in [6.45, 7) is 2.13. The first-order chi connectivity index (χ1) is 10.6. The normalized spacial score (nSPS) is 10.5. The van der Waals surface area contributed by atoms with Gasteiger partial charge in [-0.15, -0.1) is 0 Å². The highest BCUT2D eigenvalue weighted by Crippen LogP contribution is 2.23. The molecule has 1 N–H and O–H groups in total. The molecule has 22 heavy (non-hydrogen) atoms. The topological polar surface area (TPSA) is 46.5 Å². The molecule has 0 saturated heterocycles. The fourth-order valence-corrected chi connectivity index (χ4v) is 2.25. The van der Waals surface area contributed by atoms with Gasteiger partial charge in [-0.2, -0.15) is 0 Å². The van der Waals surface area contributed by atoms with Crippen LogP contribution in [0.15, 0.2) is 42.5 Å². The predicted molar refractivity (Wildman–Crippen MR) is 82.5 cm³/mol. The van der Waals surface area contributed by atoms with E-state index < -0.39 is 5.97 Å². The number of carboxylic acid groups (broad SMARTS) is 1. The highest BCUT2D eigenvalue weighted by molar-refractivity contribution is 5.66. The molecule has 0 saturated carbocycles. The molecule has 0 spiro atoms. The number of benzene rings is 2. The molecule has 0 amide bonds. The number of hydrogen-bond acceptors (Lipinski definition) is 2. The number of halogens is 1. The van der Waals surface area contributed by atoms with E-state index in [1.165, 1.54) is 6.07 Å². The Morgan fingerprint density at radius 3 is 2.68 bits per heavy atom. The van der Waals surface area contributed by atoms with E-state index in [-0.39, 0.29) is 18.8 Å². The first-order valence-corrected chi connectivity index (χ1v) is 7.24. The summed E-state index contributed by atoms with van der Waals surface area (Å²) >= 11 is 0. The maximum Gasteiger partial charge on any atom is 0.303 e. The molecule has 2 aromatic rings. The van der Waals surface area contributed by atoms with E-state index in [0.29, 0.717) is 24.2 Å². The SMILES string of the molecule is Cc1ccc(OCc2ccccc2F)c(CCCC(=O)O)c1. The van der Waals surface area contributed by atoms with Crippen molar-refractivity contribution in [3.05, 3.63) is 65.0 Å². The van der Waals surface area contributed by atoms with Gasteiger partial charge in [-0.05, 0) is 37.5 Å². The van der Waals surface area contributed by atoms with Crippen LogP contribution in [0.25, 0.3) is 0 Å². The van der Waals surface area contributed by atoms with Gasteiger partial charge in [-0.3, -0.25) is 4.79 Å². The number of rotatable bonds is 7. The van der Waals surface area contributed by atoms with Crippen molar-refractivity contribution in [1.82, 2.24) is 0 Å². The second-order valence-electron chi connectivity index (χ2n) is 5.24. The fraction of sp³-hybridized carbons (Fsp3) is 0.278. The molecule has 0 radical (unpaired) electrons. The van der Waals surface area contributed by atoms with Crippen LogP contribution in [0.4, 0.5) is 4.39 Å². The van der Waals surface area contributed by atoms with Crippen molar-refractivity contribution in [2.45, 2.75) is 32.8 Å². The summed E-state index contributed by atoms with van der Waals surface area (Å²) in [6.07, 6.45) is 1.30. The molecule has 4 heteroatoms. The zero-order valence-electron chi connectivity index (χ0n) is 12.5. The zero-order valence-corrected chi connectivity index (χ0v) is 12.5. The Hall–Kier alpha value is -2.36. The van der Waals surface area contributed by atoms with Gasteiger partial charge in [-0.25, -0.2) is 4.39 Å². The van der Waals surface area contributed by atoms with Crippen molar-refractivity contribution in [3.63, 3.8) is 0 Å². The third kappa shape index (κ3) is 4.58. The summed E-state index contributed by atoms with van der Waals surface area (Å²) in [5.41, 5.74) is 2.54. The van der Waals surface area contributed by atoms with E-state index in [4.69, 9.17) is 9.84 Å². The highest BCUT2D eigenvalue weighted by Gasteiger charge is 2.08. The lowest BCUT2D eigenvalue weighted by Crippen LogP contribution is -2.02. The van der Waals surface area contributed by atoms with Crippen LogP contribution < -0.4 is 4.74 Å².